The second-order valence-electron chi connectivity index (χ2n) is 6.45. The highest BCUT2D eigenvalue weighted by molar-refractivity contribution is 5.16. The van der Waals surface area contributed by atoms with Gasteiger partial charge in [-0.1, -0.05) is 60.7 Å². The molecule has 0 heterocycles. The third-order valence-corrected chi connectivity index (χ3v) is 3.99. The van der Waals surface area contributed by atoms with Crippen molar-refractivity contribution in [3.63, 3.8) is 0 Å². The lowest BCUT2D eigenvalue weighted by Gasteiger charge is -2.12. The number of aliphatic hydroxyl groups excluding tert-OH is 2. The molecule has 2 atom stereocenters. The van der Waals surface area contributed by atoms with E-state index in [0.717, 1.165) is 11.1 Å². The van der Waals surface area contributed by atoms with Gasteiger partial charge in [-0.3, -0.25) is 0 Å². The summed E-state index contributed by atoms with van der Waals surface area (Å²) in [5, 5.41) is 19.8. The number of hydrogen-bond acceptors (Lipinski definition) is 5. The van der Waals surface area contributed by atoms with E-state index < -0.39 is 12.2 Å². The highest BCUT2D eigenvalue weighted by Gasteiger charge is 2.06. The van der Waals surface area contributed by atoms with Crippen LogP contribution < -0.4 is 0 Å². The first-order valence-corrected chi connectivity index (χ1v) is 9.41. The molecule has 2 N–H and O–H groups in total. The van der Waals surface area contributed by atoms with Crippen molar-refractivity contribution in [3.05, 3.63) is 71.8 Å². The number of ether oxygens (including phenoxy) is 3. The number of aliphatic hydroxyl groups is 2. The van der Waals surface area contributed by atoms with Gasteiger partial charge in [-0.15, -0.1) is 0 Å². The Labute approximate surface area is 161 Å². The Bertz CT molecular complexity index is 537. The average molecular weight is 374 g/mol. The predicted octanol–water partition coefficient (Wildman–Crippen LogP) is 2.24. The van der Waals surface area contributed by atoms with Gasteiger partial charge in [-0.25, -0.2) is 0 Å². The van der Waals surface area contributed by atoms with Crippen LogP contribution in [0, 0.1) is 0 Å². The van der Waals surface area contributed by atoms with E-state index in [0.29, 0.717) is 52.5 Å². The summed E-state index contributed by atoms with van der Waals surface area (Å²) >= 11 is 0. The number of rotatable bonds is 14. The van der Waals surface area contributed by atoms with Crippen LogP contribution in [-0.4, -0.2) is 62.1 Å². The van der Waals surface area contributed by atoms with Crippen molar-refractivity contribution in [2.24, 2.45) is 0 Å². The van der Waals surface area contributed by atoms with Crippen molar-refractivity contribution in [1.29, 1.82) is 0 Å². The van der Waals surface area contributed by atoms with E-state index in [1.165, 1.54) is 0 Å². The van der Waals surface area contributed by atoms with Gasteiger partial charge in [0.25, 0.3) is 0 Å². The highest BCUT2D eigenvalue weighted by atomic mass is 16.5. The number of benzene rings is 2. The molecule has 148 valence electrons. The molecule has 0 fully saturated rings. The second kappa shape index (κ2) is 13.4. The minimum Gasteiger partial charge on any atom is -0.390 e. The molecule has 0 aromatic heterocycles. The van der Waals surface area contributed by atoms with Crippen LogP contribution in [0.4, 0.5) is 0 Å². The van der Waals surface area contributed by atoms with Crippen molar-refractivity contribution in [2.75, 3.05) is 39.6 Å². The Morgan fingerprint density at radius 1 is 0.556 bits per heavy atom. The van der Waals surface area contributed by atoms with E-state index in [2.05, 4.69) is 0 Å². The zero-order chi connectivity index (χ0) is 19.2. The van der Waals surface area contributed by atoms with Crippen LogP contribution in [0.3, 0.4) is 0 Å². The monoisotopic (exact) mass is 374 g/mol. The van der Waals surface area contributed by atoms with Gasteiger partial charge < -0.3 is 24.4 Å². The van der Waals surface area contributed by atoms with E-state index >= 15 is 0 Å². The quantitative estimate of drug-likeness (QED) is 0.497. The third kappa shape index (κ3) is 10.2. The lowest BCUT2D eigenvalue weighted by atomic mass is 10.1. The predicted molar refractivity (Wildman–Crippen MR) is 105 cm³/mol. The van der Waals surface area contributed by atoms with Crippen LogP contribution in [0.2, 0.25) is 0 Å². The first-order valence-electron chi connectivity index (χ1n) is 9.41. The van der Waals surface area contributed by atoms with Crippen molar-refractivity contribution in [3.8, 4) is 0 Å². The van der Waals surface area contributed by atoms with Crippen LogP contribution >= 0.6 is 0 Å². The second-order valence-corrected chi connectivity index (χ2v) is 6.45. The van der Waals surface area contributed by atoms with Crippen LogP contribution in [0.5, 0.6) is 0 Å². The normalized spacial score (nSPS) is 13.4. The van der Waals surface area contributed by atoms with Crippen LogP contribution in [0.1, 0.15) is 11.1 Å². The summed E-state index contributed by atoms with van der Waals surface area (Å²) in [6.45, 7) is 2.35. The Morgan fingerprint density at radius 3 is 1.33 bits per heavy atom. The first-order chi connectivity index (χ1) is 13.2. The molecule has 0 bridgehead atoms. The fourth-order valence-electron chi connectivity index (χ4n) is 2.67. The highest BCUT2D eigenvalue weighted by Crippen LogP contribution is 2.04. The third-order valence-electron chi connectivity index (χ3n) is 3.99. The fourth-order valence-corrected chi connectivity index (χ4v) is 2.67. The molecule has 2 rings (SSSR count). The average Bonchev–Trinajstić information content (AvgIpc) is 2.68. The van der Waals surface area contributed by atoms with Crippen molar-refractivity contribution in [2.45, 2.75) is 25.0 Å². The van der Waals surface area contributed by atoms with E-state index in [1.54, 1.807) is 0 Å². The van der Waals surface area contributed by atoms with E-state index in [1.807, 2.05) is 60.7 Å². The van der Waals surface area contributed by atoms with Crippen molar-refractivity contribution in [1.82, 2.24) is 0 Å². The van der Waals surface area contributed by atoms with Gasteiger partial charge in [-0.05, 0) is 11.1 Å². The van der Waals surface area contributed by atoms with E-state index in [4.69, 9.17) is 14.2 Å². The maximum atomic E-state index is 9.92. The molecule has 27 heavy (non-hydrogen) atoms. The van der Waals surface area contributed by atoms with Crippen LogP contribution in [-0.2, 0) is 27.1 Å². The standard InChI is InChI=1S/C22H30O5/c23-21(15-19-7-3-1-4-8-19)17-26-13-11-25-12-14-27-18-22(24)16-20-9-5-2-6-10-20/h1-10,21-24H,11-18H2. The van der Waals surface area contributed by atoms with Crippen LogP contribution in [0.15, 0.2) is 60.7 Å². The van der Waals surface area contributed by atoms with Gasteiger partial charge in [-0.2, -0.15) is 0 Å². The Kier molecular flexibility index (Phi) is 10.7. The van der Waals surface area contributed by atoms with Gasteiger partial charge in [0.2, 0.25) is 0 Å². The molecule has 0 saturated heterocycles. The van der Waals surface area contributed by atoms with Crippen molar-refractivity contribution >= 4 is 0 Å². The largest absolute Gasteiger partial charge is 0.390 e. The molecule has 5 heteroatoms. The zero-order valence-electron chi connectivity index (χ0n) is 15.7. The molecule has 2 aromatic carbocycles. The smallest absolute Gasteiger partial charge is 0.0813 e. The molecule has 0 spiro atoms. The van der Waals surface area contributed by atoms with E-state index in [9.17, 15) is 10.2 Å². The molecule has 0 aliphatic rings. The first kappa shape index (κ1) is 21.5. The Balaban J connectivity index is 1.39. The maximum absolute atomic E-state index is 9.92. The minimum absolute atomic E-state index is 0.292. The molecule has 2 unspecified atom stereocenters. The molecule has 0 aliphatic heterocycles. The van der Waals surface area contributed by atoms with E-state index in [-0.39, 0.29) is 0 Å². The van der Waals surface area contributed by atoms with Gasteiger partial charge >= 0.3 is 0 Å². The lowest BCUT2D eigenvalue weighted by molar-refractivity contribution is -0.0211. The van der Waals surface area contributed by atoms with Crippen molar-refractivity contribution < 1.29 is 24.4 Å². The Morgan fingerprint density at radius 2 is 0.926 bits per heavy atom. The zero-order valence-corrected chi connectivity index (χ0v) is 15.7. The lowest BCUT2D eigenvalue weighted by Crippen LogP contribution is -2.21. The Hall–Kier alpha value is -1.76. The summed E-state index contributed by atoms with van der Waals surface area (Å²) in [4.78, 5) is 0. The molecule has 0 aliphatic carbocycles. The molecular formula is C22H30O5. The van der Waals surface area contributed by atoms with Gasteiger partial charge in [0.15, 0.2) is 0 Å². The fraction of sp³-hybridized carbons (Fsp3) is 0.455. The summed E-state index contributed by atoms with van der Waals surface area (Å²) in [7, 11) is 0. The molecule has 0 saturated carbocycles. The summed E-state index contributed by atoms with van der Waals surface area (Å²) in [5.74, 6) is 0. The molecule has 0 radical (unpaired) electrons. The summed E-state index contributed by atoms with van der Waals surface area (Å²) in [6.07, 6.45) is 0.144. The topological polar surface area (TPSA) is 68.2 Å². The van der Waals surface area contributed by atoms with Crippen LogP contribution in [0.25, 0.3) is 0 Å². The maximum Gasteiger partial charge on any atom is 0.0813 e. The SMILES string of the molecule is OC(COCCOCCOCC(O)Cc1ccccc1)Cc1ccccc1. The van der Waals surface area contributed by atoms with Gasteiger partial charge in [0.1, 0.15) is 0 Å². The molecular weight excluding hydrogens is 344 g/mol. The summed E-state index contributed by atoms with van der Waals surface area (Å²) in [6, 6.07) is 19.7. The molecule has 2 aromatic rings. The molecule has 0 amide bonds. The van der Waals surface area contributed by atoms with Gasteiger partial charge in [0, 0.05) is 12.8 Å². The minimum atomic E-state index is -0.512. The summed E-state index contributed by atoms with van der Waals surface area (Å²) in [5.41, 5.74) is 2.19. The molecule has 5 nitrogen and oxygen atoms in total. The number of hydrogen-bond donors (Lipinski definition) is 2. The van der Waals surface area contributed by atoms with Gasteiger partial charge in [0.05, 0.1) is 51.8 Å². The summed E-state index contributed by atoms with van der Waals surface area (Å²) < 4.78 is 16.3.